The Hall–Kier alpha value is -6.02. The number of aromatic nitrogens is 2. The molecule has 0 saturated heterocycles. The Labute approximate surface area is 286 Å². The summed E-state index contributed by atoms with van der Waals surface area (Å²) in [6, 6.07) is 37.3. The van der Waals surface area contributed by atoms with E-state index in [4.69, 9.17) is 0 Å². The molecule has 8 heteroatoms. The first-order valence-electron chi connectivity index (χ1n) is 16.2. The minimum absolute atomic E-state index is 0.0300. The molecule has 0 radical (unpaired) electrons. The van der Waals surface area contributed by atoms with E-state index in [0.717, 1.165) is 16.7 Å². The molecule has 8 nitrogen and oxygen atoms in total. The SMILES string of the molecule is CN(Cc1ccccc1)C(=O)[C@@H](NC(=O)c1cn2cc(NC(=O)c3ccccc3-c3ccc(C(C)(C)C)cc3)ccc2n1)c1ccccc1. The Kier molecular flexibility index (Phi) is 9.40. The average molecular weight is 650 g/mol. The number of carbonyl (C=O) groups is 3. The monoisotopic (exact) mass is 649 g/mol. The number of nitrogens with one attached hydrogen (secondary N) is 2. The third kappa shape index (κ3) is 7.60. The van der Waals surface area contributed by atoms with Crippen molar-refractivity contribution >= 4 is 29.1 Å². The number of likely N-dealkylation sites (N-methyl/N-ethyl adjacent to an activating group) is 1. The van der Waals surface area contributed by atoms with Gasteiger partial charge in [-0.3, -0.25) is 14.4 Å². The molecule has 2 aromatic heterocycles. The fraction of sp³-hybridized carbons (Fsp3) is 0.171. The summed E-state index contributed by atoms with van der Waals surface area (Å²) in [5.74, 6) is -0.990. The maximum Gasteiger partial charge on any atom is 0.272 e. The maximum atomic E-state index is 13.7. The van der Waals surface area contributed by atoms with E-state index in [0.29, 0.717) is 29.0 Å². The van der Waals surface area contributed by atoms with Crippen LogP contribution in [0.2, 0.25) is 0 Å². The standard InChI is InChI=1S/C41H39N5O3/c1-41(2,3)31-21-19-29(20-22-31)33-17-11-12-18-34(33)38(47)42-32-23-24-36-43-35(27-46(36)26-32)39(48)44-37(30-15-9-6-10-16-30)40(49)45(4)25-28-13-7-5-8-14-28/h5-24,26-27,37H,25H2,1-4H3,(H,42,47)(H,44,48)/t37-/m0/s1. The van der Waals surface area contributed by atoms with Crippen molar-refractivity contribution in [3.63, 3.8) is 0 Å². The van der Waals surface area contributed by atoms with Gasteiger partial charge in [0.15, 0.2) is 0 Å². The molecule has 0 saturated carbocycles. The summed E-state index contributed by atoms with van der Waals surface area (Å²) in [5.41, 5.74) is 6.44. The second-order valence-electron chi connectivity index (χ2n) is 13.1. The Morgan fingerprint density at radius 1 is 0.755 bits per heavy atom. The molecule has 0 aliphatic carbocycles. The van der Waals surface area contributed by atoms with Crippen molar-refractivity contribution in [1.82, 2.24) is 19.6 Å². The lowest BCUT2D eigenvalue weighted by Crippen LogP contribution is -2.41. The molecule has 0 unspecified atom stereocenters. The predicted octanol–water partition coefficient (Wildman–Crippen LogP) is 7.68. The summed E-state index contributed by atoms with van der Waals surface area (Å²) in [7, 11) is 1.72. The van der Waals surface area contributed by atoms with Crippen LogP contribution in [-0.4, -0.2) is 39.1 Å². The highest BCUT2D eigenvalue weighted by Gasteiger charge is 2.27. The Morgan fingerprint density at radius 3 is 2.10 bits per heavy atom. The molecule has 2 heterocycles. The summed E-state index contributed by atoms with van der Waals surface area (Å²) in [6.07, 6.45) is 3.30. The zero-order chi connectivity index (χ0) is 34.5. The van der Waals surface area contributed by atoms with Crippen LogP contribution in [0.1, 0.15) is 64.3 Å². The Bertz CT molecular complexity index is 2100. The smallest absolute Gasteiger partial charge is 0.272 e. The second kappa shape index (κ2) is 14.0. The van der Waals surface area contributed by atoms with E-state index in [2.05, 4.69) is 48.5 Å². The van der Waals surface area contributed by atoms with Crippen molar-refractivity contribution < 1.29 is 14.4 Å². The highest BCUT2D eigenvalue weighted by molar-refractivity contribution is 6.08. The predicted molar refractivity (Wildman–Crippen MR) is 193 cm³/mol. The molecule has 6 aromatic rings. The van der Waals surface area contributed by atoms with Crippen LogP contribution >= 0.6 is 0 Å². The van der Waals surface area contributed by atoms with Crippen LogP contribution < -0.4 is 10.6 Å². The maximum absolute atomic E-state index is 13.7. The molecule has 3 amide bonds. The van der Waals surface area contributed by atoms with Crippen molar-refractivity contribution in [2.75, 3.05) is 12.4 Å². The third-order valence-corrected chi connectivity index (χ3v) is 8.47. The van der Waals surface area contributed by atoms with E-state index < -0.39 is 11.9 Å². The molecule has 0 bridgehead atoms. The summed E-state index contributed by atoms with van der Waals surface area (Å²) < 4.78 is 1.68. The van der Waals surface area contributed by atoms with Gasteiger partial charge in [0.2, 0.25) is 5.91 Å². The van der Waals surface area contributed by atoms with E-state index >= 15 is 0 Å². The van der Waals surface area contributed by atoms with Crippen LogP contribution in [0.3, 0.4) is 0 Å². The van der Waals surface area contributed by atoms with Gasteiger partial charge in [0.1, 0.15) is 17.4 Å². The Morgan fingerprint density at radius 2 is 1.41 bits per heavy atom. The molecule has 2 N–H and O–H groups in total. The number of rotatable bonds is 9. The summed E-state index contributed by atoms with van der Waals surface area (Å²) in [5, 5.41) is 5.90. The zero-order valence-corrected chi connectivity index (χ0v) is 28.1. The molecule has 4 aromatic carbocycles. The van der Waals surface area contributed by atoms with Gasteiger partial charge in [0.25, 0.3) is 11.8 Å². The van der Waals surface area contributed by atoms with Gasteiger partial charge < -0.3 is 19.9 Å². The van der Waals surface area contributed by atoms with Crippen LogP contribution in [0, 0.1) is 0 Å². The molecule has 246 valence electrons. The molecule has 0 aliphatic heterocycles. The highest BCUT2D eigenvalue weighted by Crippen LogP contribution is 2.29. The molecule has 0 fully saturated rings. The number of fused-ring (bicyclic) bond motifs is 1. The average Bonchev–Trinajstić information content (AvgIpc) is 3.54. The normalized spacial score (nSPS) is 11.9. The number of benzene rings is 4. The molecule has 6 rings (SSSR count). The van der Waals surface area contributed by atoms with E-state index in [1.54, 1.807) is 40.9 Å². The second-order valence-corrected chi connectivity index (χ2v) is 13.1. The topological polar surface area (TPSA) is 95.8 Å². The van der Waals surface area contributed by atoms with Gasteiger partial charge >= 0.3 is 0 Å². The third-order valence-electron chi connectivity index (χ3n) is 8.47. The first-order valence-corrected chi connectivity index (χ1v) is 16.2. The van der Waals surface area contributed by atoms with E-state index in [1.165, 1.54) is 5.56 Å². The largest absolute Gasteiger partial charge is 0.339 e. The molecule has 49 heavy (non-hydrogen) atoms. The number of nitrogens with zero attached hydrogens (tertiary/aromatic N) is 3. The minimum atomic E-state index is -0.910. The lowest BCUT2D eigenvalue weighted by molar-refractivity contribution is -0.132. The Balaban J connectivity index is 1.19. The molecule has 0 aliphatic rings. The van der Waals surface area contributed by atoms with Gasteiger partial charge in [-0.2, -0.15) is 0 Å². The number of carbonyl (C=O) groups excluding carboxylic acids is 3. The molecular formula is C41H39N5O3. The highest BCUT2D eigenvalue weighted by atomic mass is 16.2. The molecule has 1 atom stereocenters. The van der Waals surface area contributed by atoms with Crippen LogP contribution in [0.15, 0.2) is 134 Å². The fourth-order valence-corrected chi connectivity index (χ4v) is 5.75. The van der Waals surface area contributed by atoms with Crippen molar-refractivity contribution in [3.8, 4) is 11.1 Å². The van der Waals surface area contributed by atoms with Crippen molar-refractivity contribution in [2.45, 2.75) is 38.8 Å². The van der Waals surface area contributed by atoms with Crippen LogP contribution in [0.5, 0.6) is 0 Å². The number of amides is 3. The number of hydrogen-bond acceptors (Lipinski definition) is 4. The first kappa shape index (κ1) is 32.9. The lowest BCUT2D eigenvalue weighted by atomic mass is 9.86. The van der Waals surface area contributed by atoms with Gasteiger partial charge in [0, 0.05) is 31.5 Å². The van der Waals surface area contributed by atoms with E-state index in [1.807, 2.05) is 97.1 Å². The molecular weight excluding hydrogens is 610 g/mol. The summed E-state index contributed by atoms with van der Waals surface area (Å²) >= 11 is 0. The fourth-order valence-electron chi connectivity index (χ4n) is 5.75. The van der Waals surface area contributed by atoms with Gasteiger partial charge in [-0.1, -0.05) is 124 Å². The quantitative estimate of drug-likeness (QED) is 0.168. The van der Waals surface area contributed by atoms with Crippen LogP contribution in [-0.2, 0) is 16.8 Å². The van der Waals surface area contributed by atoms with Crippen molar-refractivity contribution in [1.29, 1.82) is 0 Å². The summed E-state index contributed by atoms with van der Waals surface area (Å²) in [4.78, 5) is 46.9. The van der Waals surface area contributed by atoms with Gasteiger partial charge in [0.05, 0.1) is 5.69 Å². The van der Waals surface area contributed by atoms with Gasteiger partial charge in [-0.05, 0) is 51.4 Å². The van der Waals surface area contributed by atoms with E-state index in [9.17, 15) is 14.4 Å². The van der Waals surface area contributed by atoms with Gasteiger partial charge in [-0.25, -0.2) is 4.98 Å². The number of pyridine rings is 1. The van der Waals surface area contributed by atoms with E-state index in [-0.39, 0.29) is 22.9 Å². The zero-order valence-electron chi connectivity index (χ0n) is 28.1. The van der Waals surface area contributed by atoms with Crippen LogP contribution in [0.4, 0.5) is 5.69 Å². The minimum Gasteiger partial charge on any atom is -0.339 e. The summed E-state index contributed by atoms with van der Waals surface area (Å²) in [6.45, 7) is 6.91. The number of anilines is 1. The van der Waals surface area contributed by atoms with Crippen LogP contribution in [0.25, 0.3) is 16.8 Å². The van der Waals surface area contributed by atoms with Crippen molar-refractivity contribution in [3.05, 3.63) is 162 Å². The first-order chi connectivity index (χ1) is 23.6. The number of imidazole rings is 1. The van der Waals surface area contributed by atoms with Crippen molar-refractivity contribution in [2.24, 2.45) is 0 Å². The van der Waals surface area contributed by atoms with Gasteiger partial charge in [-0.15, -0.1) is 0 Å². The lowest BCUT2D eigenvalue weighted by Gasteiger charge is -2.25. The molecule has 0 spiro atoms. The number of hydrogen-bond donors (Lipinski definition) is 2.